The van der Waals surface area contributed by atoms with E-state index in [0.717, 1.165) is 17.3 Å². The summed E-state index contributed by atoms with van der Waals surface area (Å²) < 4.78 is 0.322. The lowest BCUT2D eigenvalue weighted by molar-refractivity contribution is 1.42. The molecule has 0 fully saturated rings. The monoisotopic (exact) mass is 242 g/mol. The highest BCUT2D eigenvalue weighted by molar-refractivity contribution is 8.40. The topological polar surface area (TPSA) is 47.6 Å². The Labute approximate surface area is 96.2 Å². The average Bonchev–Trinajstić information content (AvgIpc) is 2.17. The lowest BCUT2D eigenvalue weighted by atomic mass is 10.2. The molecule has 0 saturated carbocycles. The van der Waals surface area contributed by atoms with Gasteiger partial charge in [0.1, 0.15) is 9.78 Å². The van der Waals surface area contributed by atoms with Gasteiger partial charge < -0.3 is 0 Å². The zero-order valence-electron chi connectivity index (χ0n) is 7.16. The maximum absolute atomic E-state index is 8.31. The van der Waals surface area contributed by atoms with E-state index >= 15 is 0 Å². The summed E-state index contributed by atoms with van der Waals surface area (Å²) in [7, 11) is 0. The van der Waals surface area contributed by atoms with Crippen molar-refractivity contribution < 1.29 is 0 Å². The first-order valence-corrected chi connectivity index (χ1v) is 5.92. The second kappa shape index (κ2) is 5.97. The first kappa shape index (κ1) is 11.4. The molecule has 0 aromatic heterocycles. The van der Waals surface area contributed by atoms with Gasteiger partial charge in [0, 0.05) is 22.5 Å². The average molecular weight is 243 g/mol. The lowest BCUT2D eigenvalue weighted by Gasteiger charge is -1.99. The third kappa shape index (κ3) is 4.05. The second-order valence-corrected chi connectivity index (χ2v) is 4.87. The fraction of sp³-hybridized carbons (Fsp3) is 0.111. The molecule has 0 heterocycles. The number of hydrogen-bond donors (Lipinski definition) is 1. The number of rotatable bonds is 2. The molecule has 0 amide bonds. The van der Waals surface area contributed by atoms with Gasteiger partial charge in [0.15, 0.2) is 0 Å². The highest BCUT2D eigenvalue weighted by atomic mass is 35.5. The van der Waals surface area contributed by atoms with Crippen LogP contribution < -0.4 is 0 Å². The smallest absolute Gasteiger partial charge is 0.140 e. The number of halogens is 1. The lowest BCUT2D eigenvalue weighted by Crippen LogP contribution is -1.84. The number of nitriles is 1. The molecule has 0 aliphatic carbocycles. The second-order valence-electron chi connectivity index (χ2n) is 2.40. The Bertz CT molecular complexity index is 356. The summed E-state index contributed by atoms with van der Waals surface area (Å²) >= 11 is 7.95. The van der Waals surface area contributed by atoms with Crippen LogP contribution in [0.25, 0.3) is 0 Å². The van der Waals surface area contributed by atoms with Gasteiger partial charge in [-0.25, -0.2) is 0 Å². The van der Waals surface area contributed by atoms with E-state index in [1.807, 2.05) is 29.7 Å². The largest absolute Gasteiger partial charge is 0.287 e. The van der Waals surface area contributed by atoms with Gasteiger partial charge >= 0.3 is 0 Å². The molecule has 0 saturated heterocycles. The van der Waals surface area contributed by atoms with E-state index < -0.39 is 0 Å². The molecule has 0 spiro atoms. The highest BCUT2D eigenvalue weighted by Gasteiger charge is 1.99. The summed E-state index contributed by atoms with van der Waals surface area (Å²) in [6.45, 7) is 0. The van der Waals surface area contributed by atoms with Crippen LogP contribution in [0.3, 0.4) is 0 Å². The Morgan fingerprint density at radius 3 is 2.64 bits per heavy atom. The summed E-state index contributed by atoms with van der Waals surface area (Å²) in [5, 5.41) is 18.2. The molecule has 0 atom stereocenters. The van der Waals surface area contributed by atoms with Gasteiger partial charge in [-0.3, -0.25) is 5.41 Å². The van der Waals surface area contributed by atoms with Crippen molar-refractivity contribution in [1.29, 1.82) is 10.7 Å². The molecule has 0 radical (unpaired) electrons. The molecule has 14 heavy (non-hydrogen) atoms. The van der Waals surface area contributed by atoms with Crippen LogP contribution >= 0.6 is 35.1 Å². The fourth-order valence-corrected chi connectivity index (χ4v) is 2.02. The molecule has 1 N–H and O–H groups in total. The number of thioether (sulfide) groups is 2. The summed E-state index contributed by atoms with van der Waals surface area (Å²) in [6.07, 6.45) is 0. The molecule has 1 aromatic rings. The number of benzene rings is 1. The summed E-state index contributed by atoms with van der Waals surface area (Å²) in [5.74, 6) is 0.699. The van der Waals surface area contributed by atoms with Crippen LogP contribution in [0.2, 0.25) is 5.02 Å². The fourth-order valence-electron chi connectivity index (χ4n) is 0.800. The van der Waals surface area contributed by atoms with Gasteiger partial charge in [-0.15, -0.1) is 0 Å². The summed E-state index contributed by atoms with van der Waals surface area (Å²) in [4.78, 5) is 0. The van der Waals surface area contributed by atoms with Crippen molar-refractivity contribution in [3.8, 4) is 5.40 Å². The Morgan fingerprint density at radius 1 is 1.43 bits per heavy atom. The van der Waals surface area contributed by atoms with Gasteiger partial charge in [0.05, 0.1) is 0 Å². The minimum atomic E-state index is 0.322. The normalized spacial score (nSPS) is 9.43. The standard InChI is InChI=1S/C9H7ClN2S2/c10-8-3-1-7(2-4-8)5-13-9(12)14-6-11/h1-4,12H,5H2. The maximum Gasteiger partial charge on any atom is 0.140 e. The van der Waals surface area contributed by atoms with Gasteiger partial charge in [0.2, 0.25) is 0 Å². The van der Waals surface area contributed by atoms with Crippen molar-refractivity contribution in [2.75, 3.05) is 0 Å². The molecule has 0 aliphatic rings. The van der Waals surface area contributed by atoms with E-state index in [1.54, 1.807) is 0 Å². The number of thiocyanates is 1. The van der Waals surface area contributed by atoms with Crippen LogP contribution in [0.4, 0.5) is 0 Å². The van der Waals surface area contributed by atoms with Crippen LogP contribution in [0.15, 0.2) is 24.3 Å². The van der Waals surface area contributed by atoms with Crippen LogP contribution in [0.5, 0.6) is 0 Å². The molecule has 72 valence electrons. The third-order valence-electron chi connectivity index (χ3n) is 1.42. The van der Waals surface area contributed by atoms with E-state index in [4.69, 9.17) is 22.3 Å². The highest BCUT2D eigenvalue weighted by Crippen LogP contribution is 2.20. The maximum atomic E-state index is 8.31. The van der Waals surface area contributed by atoms with Gasteiger partial charge in [-0.05, 0) is 17.7 Å². The van der Waals surface area contributed by atoms with E-state index in [-0.39, 0.29) is 0 Å². The predicted octanol–water partition coefficient (Wildman–Crippen LogP) is 3.72. The Hall–Kier alpha value is -0.630. The molecule has 0 unspecified atom stereocenters. The van der Waals surface area contributed by atoms with Crippen LogP contribution in [-0.2, 0) is 5.75 Å². The van der Waals surface area contributed by atoms with Crippen molar-refractivity contribution in [3.05, 3.63) is 34.9 Å². The molecule has 1 rings (SSSR count). The molecule has 0 aliphatic heterocycles. The van der Waals surface area contributed by atoms with Crippen molar-refractivity contribution in [1.82, 2.24) is 0 Å². The van der Waals surface area contributed by atoms with E-state index in [9.17, 15) is 0 Å². The number of hydrogen-bond acceptors (Lipinski definition) is 4. The third-order valence-corrected chi connectivity index (χ3v) is 3.29. The number of nitrogens with one attached hydrogen (secondary N) is 1. The molecule has 1 aromatic carbocycles. The Balaban J connectivity index is 2.43. The minimum absolute atomic E-state index is 0.322. The molecule has 0 bridgehead atoms. The van der Waals surface area contributed by atoms with E-state index in [0.29, 0.717) is 15.2 Å². The molecule has 5 heteroatoms. The summed E-state index contributed by atoms with van der Waals surface area (Å²) in [6, 6.07) is 7.47. The van der Waals surface area contributed by atoms with Gasteiger partial charge in [-0.1, -0.05) is 35.5 Å². The Kier molecular flexibility index (Phi) is 4.88. The van der Waals surface area contributed by atoms with Crippen molar-refractivity contribution in [3.63, 3.8) is 0 Å². The van der Waals surface area contributed by atoms with Crippen LogP contribution in [-0.4, -0.2) is 4.38 Å². The predicted molar refractivity (Wildman–Crippen MR) is 63.7 cm³/mol. The zero-order valence-corrected chi connectivity index (χ0v) is 9.55. The first-order valence-electron chi connectivity index (χ1n) is 3.74. The van der Waals surface area contributed by atoms with Crippen LogP contribution in [0, 0.1) is 16.1 Å². The van der Waals surface area contributed by atoms with Crippen molar-refractivity contribution in [2.24, 2.45) is 0 Å². The summed E-state index contributed by atoms with van der Waals surface area (Å²) in [5.41, 5.74) is 1.10. The zero-order chi connectivity index (χ0) is 10.4. The first-order chi connectivity index (χ1) is 6.72. The molecular formula is C9H7ClN2S2. The van der Waals surface area contributed by atoms with Gasteiger partial charge in [-0.2, -0.15) is 5.26 Å². The quantitative estimate of drug-likeness (QED) is 0.489. The Morgan fingerprint density at radius 2 is 2.07 bits per heavy atom. The molecular weight excluding hydrogens is 236 g/mol. The minimum Gasteiger partial charge on any atom is -0.287 e. The molecule has 2 nitrogen and oxygen atoms in total. The van der Waals surface area contributed by atoms with E-state index in [2.05, 4.69) is 0 Å². The van der Waals surface area contributed by atoms with Crippen molar-refractivity contribution in [2.45, 2.75) is 5.75 Å². The van der Waals surface area contributed by atoms with Crippen LogP contribution in [0.1, 0.15) is 5.56 Å². The number of nitrogens with zero attached hydrogens (tertiary/aromatic N) is 1. The van der Waals surface area contributed by atoms with E-state index in [1.165, 1.54) is 11.8 Å². The van der Waals surface area contributed by atoms with Gasteiger partial charge in [0.25, 0.3) is 0 Å². The SMILES string of the molecule is N#CSC(=N)SCc1ccc(Cl)cc1. The van der Waals surface area contributed by atoms with Crippen molar-refractivity contribution >= 4 is 39.5 Å².